The number of hydrogen-bond acceptors (Lipinski definition) is 3. The molecule has 1 aromatic heterocycles. The van der Waals surface area contributed by atoms with Gasteiger partial charge in [-0.1, -0.05) is 48.5 Å². The summed E-state index contributed by atoms with van der Waals surface area (Å²) in [6.07, 6.45) is -0.230. The fourth-order valence-electron chi connectivity index (χ4n) is 2.68. The van der Waals surface area contributed by atoms with Gasteiger partial charge in [-0.2, -0.15) is 0 Å². The average Bonchev–Trinajstić information content (AvgIpc) is 2.95. The Bertz CT molecular complexity index is 733. The van der Waals surface area contributed by atoms with Crippen LogP contribution >= 0.6 is 0 Å². The Hall–Kier alpha value is -2.10. The number of para-hydroxylation sites is 1. The standard InChI is InChI=1S/C18H19NO2/c1-12-7-6-10-14-11-15(21-17(12)14)16(19)18(20-2)13-8-4-3-5-9-13/h3-11,16,18H,19H2,1-2H3. The average molecular weight is 281 g/mol. The van der Waals surface area contributed by atoms with Crippen molar-refractivity contribution in [1.29, 1.82) is 0 Å². The van der Waals surface area contributed by atoms with E-state index in [0.29, 0.717) is 0 Å². The molecule has 0 aliphatic rings. The third-order valence-corrected chi connectivity index (χ3v) is 3.80. The van der Waals surface area contributed by atoms with Crippen molar-refractivity contribution in [2.45, 2.75) is 19.1 Å². The van der Waals surface area contributed by atoms with Crippen LogP contribution in [0.25, 0.3) is 11.0 Å². The molecule has 0 aliphatic heterocycles. The molecule has 0 amide bonds. The Kier molecular flexibility index (Phi) is 3.78. The lowest BCUT2D eigenvalue weighted by Gasteiger charge is -2.21. The first-order valence-electron chi connectivity index (χ1n) is 7.03. The van der Waals surface area contributed by atoms with Gasteiger partial charge in [-0.15, -0.1) is 0 Å². The van der Waals surface area contributed by atoms with E-state index < -0.39 is 0 Å². The second-order valence-electron chi connectivity index (χ2n) is 5.23. The molecule has 0 fully saturated rings. The molecular formula is C18H19NO2. The van der Waals surface area contributed by atoms with Gasteiger partial charge in [0, 0.05) is 12.5 Å². The highest BCUT2D eigenvalue weighted by molar-refractivity contribution is 5.81. The van der Waals surface area contributed by atoms with E-state index in [1.807, 2.05) is 61.5 Å². The van der Waals surface area contributed by atoms with Crippen molar-refractivity contribution in [1.82, 2.24) is 0 Å². The first-order chi connectivity index (χ1) is 10.2. The summed E-state index contributed by atoms with van der Waals surface area (Å²) < 4.78 is 11.6. The third-order valence-electron chi connectivity index (χ3n) is 3.80. The maximum absolute atomic E-state index is 6.38. The molecule has 2 aromatic carbocycles. The van der Waals surface area contributed by atoms with Crippen LogP contribution in [0.1, 0.15) is 29.0 Å². The fourth-order valence-corrected chi connectivity index (χ4v) is 2.68. The fraction of sp³-hybridized carbons (Fsp3) is 0.222. The summed E-state index contributed by atoms with van der Waals surface area (Å²) in [6.45, 7) is 2.03. The molecule has 3 nitrogen and oxygen atoms in total. The molecule has 3 rings (SSSR count). The van der Waals surface area contributed by atoms with Gasteiger partial charge in [0.05, 0.1) is 6.04 Å². The summed E-state index contributed by atoms with van der Waals surface area (Å²) in [5.41, 5.74) is 9.43. The van der Waals surface area contributed by atoms with Crippen LogP contribution in [-0.4, -0.2) is 7.11 Å². The normalized spacial score (nSPS) is 14.2. The van der Waals surface area contributed by atoms with E-state index in [4.69, 9.17) is 14.9 Å². The van der Waals surface area contributed by atoms with Crippen molar-refractivity contribution in [2.24, 2.45) is 5.73 Å². The smallest absolute Gasteiger partial charge is 0.137 e. The van der Waals surface area contributed by atoms with Gasteiger partial charge < -0.3 is 14.9 Å². The summed E-state index contributed by atoms with van der Waals surface area (Å²) >= 11 is 0. The molecule has 2 unspecified atom stereocenters. The van der Waals surface area contributed by atoms with Crippen molar-refractivity contribution >= 4 is 11.0 Å². The van der Waals surface area contributed by atoms with Crippen LogP contribution < -0.4 is 5.73 Å². The lowest BCUT2D eigenvalue weighted by Crippen LogP contribution is -2.20. The zero-order valence-corrected chi connectivity index (χ0v) is 12.2. The second kappa shape index (κ2) is 5.72. The highest BCUT2D eigenvalue weighted by Crippen LogP contribution is 2.33. The molecule has 0 aliphatic carbocycles. The molecule has 0 bridgehead atoms. The van der Waals surface area contributed by atoms with E-state index in [1.54, 1.807) is 7.11 Å². The van der Waals surface area contributed by atoms with E-state index in [9.17, 15) is 0 Å². The van der Waals surface area contributed by atoms with Crippen LogP contribution in [0.2, 0.25) is 0 Å². The number of aryl methyl sites for hydroxylation is 1. The van der Waals surface area contributed by atoms with Crippen molar-refractivity contribution < 1.29 is 9.15 Å². The molecule has 0 radical (unpaired) electrons. The lowest BCUT2D eigenvalue weighted by atomic mass is 10.0. The first kappa shape index (κ1) is 13.9. The van der Waals surface area contributed by atoms with E-state index in [-0.39, 0.29) is 12.1 Å². The SMILES string of the molecule is COC(c1ccccc1)C(N)c1cc2cccc(C)c2o1. The number of hydrogen-bond donors (Lipinski definition) is 1. The molecule has 108 valence electrons. The third kappa shape index (κ3) is 2.58. The predicted octanol–water partition coefficient (Wildman–Crippen LogP) is 4.13. The molecule has 2 N–H and O–H groups in total. The van der Waals surface area contributed by atoms with Gasteiger partial charge in [0.1, 0.15) is 17.4 Å². The lowest BCUT2D eigenvalue weighted by molar-refractivity contribution is 0.0741. The molecule has 2 atom stereocenters. The van der Waals surface area contributed by atoms with Gasteiger partial charge in [-0.05, 0) is 24.1 Å². The van der Waals surface area contributed by atoms with Crippen molar-refractivity contribution in [3.63, 3.8) is 0 Å². The molecule has 0 spiro atoms. The van der Waals surface area contributed by atoms with Crippen LogP contribution in [0.3, 0.4) is 0 Å². The highest BCUT2D eigenvalue weighted by atomic mass is 16.5. The number of rotatable bonds is 4. The van der Waals surface area contributed by atoms with Gasteiger partial charge in [-0.3, -0.25) is 0 Å². The Morgan fingerprint density at radius 3 is 2.48 bits per heavy atom. The second-order valence-corrected chi connectivity index (χ2v) is 5.23. The number of fused-ring (bicyclic) bond motifs is 1. The van der Waals surface area contributed by atoms with Crippen LogP contribution in [0.15, 0.2) is 59.0 Å². The number of furan rings is 1. The van der Waals surface area contributed by atoms with Crippen LogP contribution in [0.4, 0.5) is 0 Å². The zero-order chi connectivity index (χ0) is 14.8. The summed E-state index contributed by atoms with van der Waals surface area (Å²) in [5, 5.41) is 1.07. The minimum absolute atomic E-state index is 0.230. The molecule has 3 heteroatoms. The summed E-state index contributed by atoms with van der Waals surface area (Å²) in [7, 11) is 1.67. The van der Waals surface area contributed by atoms with E-state index >= 15 is 0 Å². The minimum Gasteiger partial charge on any atom is -0.459 e. The van der Waals surface area contributed by atoms with Gasteiger partial charge in [-0.25, -0.2) is 0 Å². The quantitative estimate of drug-likeness (QED) is 0.782. The first-order valence-corrected chi connectivity index (χ1v) is 7.03. The molecule has 21 heavy (non-hydrogen) atoms. The summed E-state index contributed by atoms with van der Waals surface area (Å²) in [6, 6.07) is 17.7. The number of ether oxygens (including phenoxy) is 1. The summed E-state index contributed by atoms with van der Waals surface area (Å²) in [5.74, 6) is 0.745. The molecule has 0 saturated heterocycles. The predicted molar refractivity (Wildman–Crippen MR) is 84.1 cm³/mol. The number of nitrogens with two attached hydrogens (primary N) is 1. The molecular weight excluding hydrogens is 262 g/mol. The van der Waals surface area contributed by atoms with Crippen molar-refractivity contribution in [3.05, 3.63) is 71.5 Å². The molecule has 0 saturated carbocycles. The monoisotopic (exact) mass is 281 g/mol. The largest absolute Gasteiger partial charge is 0.459 e. The molecule has 3 aromatic rings. The minimum atomic E-state index is -0.343. The van der Waals surface area contributed by atoms with E-state index in [0.717, 1.165) is 27.9 Å². The van der Waals surface area contributed by atoms with E-state index in [2.05, 4.69) is 0 Å². The maximum atomic E-state index is 6.38. The van der Waals surface area contributed by atoms with Crippen LogP contribution in [-0.2, 0) is 4.74 Å². The highest BCUT2D eigenvalue weighted by Gasteiger charge is 2.24. The van der Waals surface area contributed by atoms with Gasteiger partial charge in [0.2, 0.25) is 0 Å². The summed E-state index contributed by atoms with van der Waals surface area (Å²) in [4.78, 5) is 0. The number of benzene rings is 2. The Morgan fingerprint density at radius 1 is 1.05 bits per heavy atom. The van der Waals surface area contributed by atoms with E-state index in [1.165, 1.54) is 0 Å². The van der Waals surface area contributed by atoms with Crippen LogP contribution in [0, 0.1) is 6.92 Å². The Balaban J connectivity index is 1.99. The Labute approximate surface area is 124 Å². The van der Waals surface area contributed by atoms with Crippen LogP contribution in [0.5, 0.6) is 0 Å². The number of methoxy groups -OCH3 is 1. The topological polar surface area (TPSA) is 48.4 Å². The van der Waals surface area contributed by atoms with Gasteiger partial charge in [0.25, 0.3) is 0 Å². The maximum Gasteiger partial charge on any atom is 0.137 e. The zero-order valence-electron chi connectivity index (χ0n) is 12.2. The van der Waals surface area contributed by atoms with Gasteiger partial charge in [0.15, 0.2) is 0 Å². The van der Waals surface area contributed by atoms with Crippen molar-refractivity contribution in [2.75, 3.05) is 7.11 Å². The Morgan fingerprint density at radius 2 is 1.81 bits per heavy atom. The van der Waals surface area contributed by atoms with Gasteiger partial charge >= 0.3 is 0 Å². The van der Waals surface area contributed by atoms with Crippen molar-refractivity contribution in [3.8, 4) is 0 Å². The molecule has 1 heterocycles.